The SMILES string of the molecule is CC(=O)N[C@H]1[C@H](O[C@@H]2[C@@H](O)[C@@H](O)O[C@H](COP(=O)(O)O)[C@@H]2O)O[C@H](CO)[C@H](O)[C@@H]1O. The Hall–Kier alpha value is -0.780. The van der Waals surface area contributed by atoms with Crippen LogP contribution in [0.4, 0.5) is 0 Å². The summed E-state index contributed by atoms with van der Waals surface area (Å²) in [6, 6.07) is -1.40. The standard InChI is InChI=1S/C14H26NO14P/c1-4(17)15-7-10(20)8(18)5(2-16)28-14(7)29-12-9(19)6(3-26-30(23,24)25)27-13(22)11(12)21/h5-14,16,18-22H,2-3H2,1H3,(H,15,17)(H2,23,24,25)/t5-,6-,7-,8+,9+,10-,11-,12+,13+,14+/m1/s1. The van der Waals surface area contributed by atoms with Gasteiger partial charge in [0.05, 0.1) is 13.2 Å². The summed E-state index contributed by atoms with van der Waals surface area (Å²) in [7, 11) is -4.94. The van der Waals surface area contributed by atoms with Crippen molar-refractivity contribution in [3.05, 3.63) is 0 Å². The molecule has 2 fully saturated rings. The third kappa shape index (κ3) is 6.14. The predicted molar refractivity (Wildman–Crippen MR) is 91.1 cm³/mol. The smallest absolute Gasteiger partial charge is 0.394 e. The van der Waals surface area contributed by atoms with E-state index in [2.05, 4.69) is 9.84 Å². The van der Waals surface area contributed by atoms with Gasteiger partial charge < -0.3 is 60.0 Å². The number of aliphatic hydroxyl groups excluding tert-OH is 6. The van der Waals surface area contributed by atoms with E-state index in [-0.39, 0.29) is 0 Å². The summed E-state index contributed by atoms with van der Waals surface area (Å²) in [6.45, 7) is -0.521. The van der Waals surface area contributed by atoms with E-state index in [4.69, 9.17) is 24.0 Å². The van der Waals surface area contributed by atoms with Crippen molar-refractivity contribution >= 4 is 13.7 Å². The Morgan fingerprint density at radius 3 is 2.17 bits per heavy atom. The Balaban J connectivity index is 2.21. The zero-order valence-corrected chi connectivity index (χ0v) is 16.6. The fourth-order valence-corrected chi connectivity index (χ4v) is 3.47. The summed E-state index contributed by atoms with van der Waals surface area (Å²) in [5.41, 5.74) is 0. The fraction of sp³-hybridized carbons (Fsp3) is 0.929. The number of amides is 1. The van der Waals surface area contributed by atoms with Crippen LogP contribution < -0.4 is 5.32 Å². The zero-order valence-electron chi connectivity index (χ0n) is 15.7. The second-order valence-corrected chi connectivity index (χ2v) is 8.11. The van der Waals surface area contributed by atoms with Crippen LogP contribution in [-0.4, -0.2) is 121 Å². The molecule has 1 amide bonds. The van der Waals surface area contributed by atoms with Gasteiger partial charge in [-0.3, -0.25) is 9.32 Å². The van der Waals surface area contributed by atoms with Crippen molar-refractivity contribution in [2.45, 2.75) is 68.3 Å². The molecule has 0 aromatic carbocycles. The molecule has 0 radical (unpaired) electrons. The Morgan fingerprint density at radius 2 is 1.63 bits per heavy atom. The van der Waals surface area contributed by atoms with Gasteiger partial charge >= 0.3 is 7.82 Å². The maximum absolute atomic E-state index is 11.5. The monoisotopic (exact) mass is 463 g/mol. The Morgan fingerprint density at radius 1 is 1.00 bits per heavy atom. The topological polar surface area (TPSA) is 245 Å². The highest BCUT2D eigenvalue weighted by Gasteiger charge is 2.51. The second-order valence-electron chi connectivity index (χ2n) is 6.87. The molecule has 0 aromatic heterocycles. The lowest BCUT2D eigenvalue weighted by Gasteiger charge is -2.46. The number of carbonyl (C=O) groups is 1. The first-order valence-corrected chi connectivity index (χ1v) is 10.3. The van der Waals surface area contributed by atoms with Gasteiger partial charge in [-0.2, -0.15) is 0 Å². The quantitative estimate of drug-likeness (QED) is 0.160. The summed E-state index contributed by atoms with van der Waals surface area (Å²) in [4.78, 5) is 29.0. The van der Waals surface area contributed by atoms with Crippen molar-refractivity contribution in [2.75, 3.05) is 13.2 Å². The van der Waals surface area contributed by atoms with Gasteiger partial charge in [0, 0.05) is 6.92 Å². The molecule has 0 unspecified atom stereocenters. The third-order valence-electron chi connectivity index (χ3n) is 4.61. The summed E-state index contributed by atoms with van der Waals surface area (Å²) in [5.74, 6) is -0.646. The number of phosphoric ester groups is 1. The number of carbonyl (C=O) groups excluding carboxylic acids is 1. The van der Waals surface area contributed by atoms with Crippen molar-refractivity contribution in [1.82, 2.24) is 5.32 Å². The number of phosphoric acid groups is 1. The van der Waals surface area contributed by atoms with Gasteiger partial charge in [0.15, 0.2) is 12.6 Å². The van der Waals surface area contributed by atoms with E-state index in [1.165, 1.54) is 0 Å². The summed E-state index contributed by atoms with van der Waals surface area (Å²) in [6.07, 6.45) is -15.2. The maximum Gasteiger partial charge on any atom is 0.469 e. The van der Waals surface area contributed by atoms with Crippen LogP contribution in [0.15, 0.2) is 0 Å². The van der Waals surface area contributed by atoms with E-state index in [0.717, 1.165) is 6.92 Å². The van der Waals surface area contributed by atoms with Crippen molar-refractivity contribution in [1.29, 1.82) is 0 Å². The molecule has 0 spiro atoms. The van der Waals surface area contributed by atoms with Gasteiger partial charge in [-0.25, -0.2) is 4.57 Å². The minimum Gasteiger partial charge on any atom is -0.394 e. The summed E-state index contributed by atoms with van der Waals surface area (Å²) in [5, 5.41) is 62.2. The first kappa shape index (κ1) is 25.5. The number of hydrogen-bond donors (Lipinski definition) is 9. The Bertz CT molecular complexity index is 632. The van der Waals surface area contributed by atoms with Crippen LogP contribution in [0.25, 0.3) is 0 Å². The first-order chi connectivity index (χ1) is 13.9. The summed E-state index contributed by atoms with van der Waals surface area (Å²) < 4.78 is 30.7. The number of ether oxygens (including phenoxy) is 3. The van der Waals surface area contributed by atoms with Crippen molar-refractivity contribution < 1.29 is 68.5 Å². The van der Waals surface area contributed by atoms with Crippen LogP contribution in [0.3, 0.4) is 0 Å². The van der Waals surface area contributed by atoms with Gasteiger partial charge in [-0.05, 0) is 0 Å². The van der Waals surface area contributed by atoms with Gasteiger partial charge in [0.1, 0.15) is 48.8 Å². The maximum atomic E-state index is 11.5. The highest BCUT2D eigenvalue weighted by Crippen LogP contribution is 2.37. The average Bonchev–Trinajstić information content (AvgIpc) is 2.65. The van der Waals surface area contributed by atoms with E-state index in [1.54, 1.807) is 0 Å². The van der Waals surface area contributed by atoms with Crippen LogP contribution in [-0.2, 0) is 28.1 Å². The minimum atomic E-state index is -4.94. The zero-order chi connectivity index (χ0) is 22.8. The van der Waals surface area contributed by atoms with E-state index in [9.17, 15) is 40.0 Å². The molecule has 15 nitrogen and oxygen atoms in total. The van der Waals surface area contributed by atoms with Crippen molar-refractivity contribution in [3.8, 4) is 0 Å². The largest absolute Gasteiger partial charge is 0.469 e. The molecule has 16 heteroatoms. The van der Waals surface area contributed by atoms with E-state index in [0.29, 0.717) is 0 Å². The molecule has 2 saturated heterocycles. The highest BCUT2D eigenvalue weighted by atomic mass is 31.2. The summed E-state index contributed by atoms with van der Waals surface area (Å²) >= 11 is 0. The molecule has 0 aliphatic carbocycles. The molecular weight excluding hydrogens is 437 g/mol. The molecule has 30 heavy (non-hydrogen) atoms. The molecule has 2 rings (SSSR count). The normalized spacial score (nSPS) is 42.7. The molecule has 10 atom stereocenters. The lowest BCUT2D eigenvalue weighted by molar-refractivity contribution is -0.341. The van der Waals surface area contributed by atoms with Gasteiger partial charge in [0.2, 0.25) is 5.91 Å². The lowest BCUT2D eigenvalue weighted by atomic mass is 9.95. The van der Waals surface area contributed by atoms with E-state index >= 15 is 0 Å². The fourth-order valence-electron chi connectivity index (χ4n) is 3.13. The van der Waals surface area contributed by atoms with Crippen LogP contribution >= 0.6 is 7.82 Å². The third-order valence-corrected chi connectivity index (χ3v) is 5.09. The van der Waals surface area contributed by atoms with E-state index in [1.807, 2.05) is 0 Å². The number of rotatable bonds is 7. The first-order valence-electron chi connectivity index (χ1n) is 8.80. The van der Waals surface area contributed by atoms with Crippen LogP contribution in [0, 0.1) is 0 Å². The molecular formula is C14H26NO14P. The number of hydrogen-bond acceptors (Lipinski definition) is 12. The molecule has 9 N–H and O–H groups in total. The highest BCUT2D eigenvalue weighted by molar-refractivity contribution is 7.46. The second kappa shape index (κ2) is 10.2. The van der Waals surface area contributed by atoms with Gasteiger partial charge in [-0.1, -0.05) is 0 Å². The lowest BCUT2D eigenvalue weighted by Crippen LogP contribution is -2.67. The van der Waals surface area contributed by atoms with Crippen LogP contribution in [0.1, 0.15) is 6.92 Å². The molecule has 2 heterocycles. The van der Waals surface area contributed by atoms with Crippen LogP contribution in [0.2, 0.25) is 0 Å². The molecule has 2 aliphatic heterocycles. The van der Waals surface area contributed by atoms with Crippen molar-refractivity contribution in [3.63, 3.8) is 0 Å². The molecule has 176 valence electrons. The number of nitrogens with one attached hydrogen (secondary N) is 1. The van der Waals surface area contributed by atoms with Crippen molar-refractivity contribution in [2.24, 2.45) is 0 Å². The van der Waals surface area contributed by atoms with E-state index < -0.39 is 88.3 Å². The predicted octanol–water partition coefficient (Wildman–Crippen LogP) is -5.14. The Labute approximate surface area is 170 Å². The number of aliphatic hydroxyl groups is 6. The average molecular weight is 463 g/mol. The molecule has 0 saturated carbocycles. The molecule has 0 aromatic rings. The minimum absolute atomic E-state index is 0.646. The van der Waals surface area contributed by atoms with Crippen LogP contribution in [0.5, 0.6) is 0 Å². The van der Waals surface area contributed by atoms with Gasteiger partial charge in [-0.15, -0.1) is 0 Å². The molecule has 2 aliphatic rings. The van der Waals surface area contributed by atoms with Gasteiger partial charge in [0.25, 0.3) is 0 Å². The molecule has 0 bridgehead atoms. The Kier molecular flexibility index (Phi) is 8.68.